The van der Waals surface area contributed by atoms with Crippen LogP contribution in [0.1, 0.15) is 48.0 Å². The number of carboxylic acid groups (broad SMARTS) is 1. The molecule has 4 aromatic rings. The number of aromatic nitrogens is 2. The fourth-order valence-corrected chi connectivity index (χ4v) is 3.86. The molecule has 184 valence electrons. The number of benzene rings is 3. The standard InChI is InChI=1S/C28H28N4O4/c1-16-12-13-20(14-17(16)2)32-26(34)23(25(31-32)28(3,4)5)30-29-22-11-7-10-21(24(22)33)18-8-6-9-19(15-18)27(35)36/h6-15,31,33H,1-5H3,(H,35,36). The number of para-hydroxylation sites is 1. The minimum Gasteiger partial charge on any atom is -0.505 e. The van der Waals surface area contributed by atoms with Gasteiger partial charge in [0.15, 0.2) is 11.4 Å². The lowest BCUT2D eigenvalue weighted by Gasteiger charge is -2.16. The van der Waals surface area contributed by atoms with E-state index in [2.05, 4.69) is 15.3 Å². The molecule has 0 unspecified atom stereocenters. The number of aromatic hydroxyl groups is 1. The minimum absolute atomic E-state index is 0.105. The number of aromatic carboxylic acids is 1. The molecular formula is C28H28N4O4. The quantitative estimate of drug-likeness (QED) is 0.278. The summed E-state index contributed by atoms with van der Waals surface area (Å²) in [5.41, 5.74) is 4.05. The van der Waals surface area contributed by atoms with Crippen LogP contribution in [0, 0.1) is 13.8 Å². The third kappa shape index (κ3) is 4.70. The van der Waals surface area contributed by atoms with E-state index in [1.54, 1.807) is 30.3 Å². The molecule has 0 amide bonds. The van der Waals surface area contributed by atoms with Gasteiger partial charge in [0.05, 0.1) is 16.9 Å². The number of phenols is 1. The Bertz CT molecular complexity index is 1550. The van der Waals surface area contributed by atoms with Crippen molar-refractivity contribution in [3.8, 4) is 22.6 Å². The number of azo groups is 1. The van der Waals surface area contributed by atoms with Crippen LogP contribution >= 0.6 is 0 Å². The lowest BCUT2D eigenvalue weighted by atomic mass is 9.91. The van der Waals surface area contributed by atoms with E-state index in [1.165, 1.54) is 16.8 Å². The lowest BCUT2D eigenvalue weighted by molar-refractivity contribution is 0.0697. The summed E-state index contributed by atoms with van der Waals surface area (Å²) in [6.07, 6.45) is 0. The zero-order valence-electron chi connectivity index (χ0n) is 20.8. The Labute approximate surface area is 208 Å². The number of hydrogen-bond donors (Lipinski definition) is 3. The highest BCUT2D eigenvalue weighted by molar-refractivity contribution is 5.90. The number of carbonyl (C=O) groups is 1. The Morgan fingerprint density at radius 2 is 1.67 bits per heavy atom. The molecule has 0 aliphatic carbocycles. The van der Waals surface area contributed by atoms with E-state index in [9.17, 15) is 19.8 Å². The maximum Gasteiger partial charge on any atom is 0.335 e. The molecule has 8 heteroatoms. The van der Waals surface area contributed by atoms with Gasteiger partial charge in [-0.1, -0.05) is 51.1 Å². The van der Waals surface area contributed by atoms with Crippen molar-refractivity contribution in [3.05, 3.63) is 93.4 Å². The van der Waals surface area contributed by atoms with E-state index < -0.39 is 11.4 Å². The average molecular weight is 485 g/mol. The smallest absolute Gasteiger partial charge is 0.335 e. The van der Waals surface area contributed by atoms with Gasteiger partial charge in [-0.3, -0.25) is 9.89 Å². The van der Waals surface area contributed by atoms with Crippen molar-refractivity contribution < 1.29 is 15.0 Å². The van der Waals surface area contributed by atoms with Crippen LogP contribution < -0.4 is 5.56 Å². The molecular weight excluding hydrogens is 456 g/mol. The second-order valence-electron chi connectivity index (χ2n) is 9.75. The summed E-state index contributed by atoms with van der Waals surface area (Å²) in [4.78, 5) is 24.7. The first kappa shape index (κ1) is 24.7. The number of carboxylic acids is 1. The summed E-state index contributed by atoms with van der Waals surface area (Å²) >= 11 is 0. The number of aromatic amines is 1. The number of hydrogen-bond acceptors (Lipinski definition) is 5. The zero-order valence-corrected chi connectivity index (χ0v) is 20.8. The van der Waals surface area contributed by atoms with Crippen molar-refractivity contribution in [1.29, 1.82) is 0 Å². The summed E-state index contributed by atoms with van der Waals surface area (Å²) in [5.74, 6) is -1.22. The zero-order chi connectivity index (χ0) is 26.2. The predicted octanol–water partition coefficient (Wildman–Crippen LogP) is 6.57. The summed E-state index contributed by atoms with van der Waals surface area (Å²) in [5, 5.41) is 31.9. The van der Waals surface area contributed by atoms with Crippen molar-refractivity contribution in [3.63, 3.8) is 0 Å². The Hall–Kier alpha value is -4.46. The molecule has 8 nitrogen and oxygen atoms in total. The molecule has 0 atom stereocenters. The van der Waals surface area contributed by atoms with Crippen LogP contribution in [0.3, 0.4) is 0 Å². The first-order valence-electron chi connectivity index (χ1n) is 11.5. The largest absolute Gasteiger partial charge is 0.505 e. The molecule has 1 aromatic heterocycles. The third-order valence-electron chi connectivity index (χ3n) is 6.06. The summed E-state index contributed by atoms with van der Waals surface area (Å²) in [7, 11) is 0. The van der Waals surface area contributed by atoms with Crippen molar-refractivity contribution in [2.75, 3.05) is 0 Å². The molecule has 0 aliphatic heterocycles. The summed E-state index contributed by atoms with van der Waals surface area (Å²) < 4.78 is 1.45. The summed E-state index contributed by atoms with van der Waals surface area (Å²) in [6.45, 7) is 9.90. The second kappa shape index (κ2) is 9.30. The van der Waals surface area contributed by atoms with Gasteiger partial charge in [-0.05, 0) is 60.9 Å². The van der Waals surface area contributed by atoms with Crippen LogP contribution in [-0.4, -0.2) is 26.0 Å². The van der Waals surface area contributed by atoms with E-state index in [0.29, 0.717) is 22.5 Å². The average Bonchev–Trinajstić information content (AvgIpc) is 3.17. The van der Waals surface area contributed by atoms with Crippen LogP contribution in [0.5, 0.6) is 5.75 Å². The van der Waals surface area contributed by atoms with Gasteiger partial charge in [0.25, 0.3) is 5.56 Å². The lowest BCUT2D eigenvalue weighted by Crippen LogP contribution is -2.14. The fraction of sp³-hybridized carbons (Fsp3) is 0.214. The van der Waals surface area contributed by atoms with Gasteiger partial charge in [0, 0.05) is 11.0 Å². The number of aryl methyl sites for hydroxylation is 2. The number of nitrogens with one attached hydrogen (secondary N) is 1. The van der Waals surface area contributed by atoms with Gasteiger partial charge in [-0.2, -0.15) is 0 Å². The Kier molecular flexibility index (Phi) is 6.37. The van der Waals surface area contributed by atoms with Crippen molar-refractivity contribution >= 4 is 17.3 Å². The molecule has 0 saturated carbocycles. The van der Waals surface area contributed by atoms with Gasteiger partial charge in [0.2, 0.25) is 0 Å². The topological polar surface area (TPSA) is 120 Å². The second-order valence-corrected chi connectivity index (χ2v) is 9.75. The first-order valence-corrected chi connectivity index (χ1v) is 11.5. The Morgan fingerprint density at radius 1 is 0.944 bits per heavy atom. The highest BCUT2D eigenvalue weighted by Crippen LogP contribution is 2.38. The van der Waals surface area contributed by atoms with Crippen LogP contribution in [0.15, 0.2) is 75.7 Å². The molecule has 3 aromatic carbocycles. The van der Waals surface area contributed by atoms with Gasteiger partial charge >= 0.3 is 5.97 Å². The molecule has 36 heavy (non-hydrogen) atoms. The van der Waals surface area contributed by atoms with Crippen molar-refractivity contribution in [2.45, 2.75) is 40.0 Å². The van der Waals surface area contributed by atoms with Crippen LogP contribution in [0.4, 0.5) is 11.4 Å². The number of H-pyrrole nitrogens is 1. The van der Waals surface area contributed by atoms with Crippen LogP contribution in [0.25, 0.3) is 16.8 Å². The Balaban J connectivity index is 1.80. The molecule has 1 heterocycles. The fourth-order valence-electron chi connectivity index (χ4n) is 3.86. The van der Waals surface area contributed by atoms with Gasteiger partial charge in [0.1, 0.15) is 5.69 Å². The molecule has 0 aliphatic rings. The van der Waals surface area contributed by atoms with Crippen LogP contribution in [-0.2, 0) is 5.41 Å². The third-order valence-corrected chi connectivity index (χ3v) is 6.06. The van der Waals surface area contributed by atoms with E-state index in [1.807, 2.05) is 52.8 Å². The normalized spacial score (nSPS) is 11.8. The molecule has 0 saturated heterocycles. The van der Waals surface area contributed by atoms with E-state index >= 15 is 0 Å². The number of rotatable bonds is 5. The van der Waals surface area contributed by atoms with Crippen LogP contribution in [0.2, 0.25) is 0 Å². The van der Waals surface area contributed by atoms with Gasteiger partial charge < -0.3 is 10.2 Å². The van der Waals surface area contributed by atoms with E-state index in [-0.39, 0.29) is 28.2 Å². The van der Waals surface area contributed by atoms with E-state index in [4.69, 9.17) is 0 Å². The molecule has 0 bridgehead atoms. The minimum atomic E-state index is -1.06. The SMILES string of the molecule is Cc1ccc(-n2[nH]c(C(C)(C)C)c(N=Nc3cccc(-c4cccc(C(=O)O)c4)c3O)c2=O)cc1C. The highest BCUT2D eigenvalue weighted by atomic mass is 16.4. The molecule has 0 fully saturated rings. The highest BCUT2D eigenvalue weighted by Gasteiger charge is 2.25. The number of nitrogens with zero attached hydrogens (tertiary/aromatic N) is 3. The molecule has 0 spiro atoms. The van der Waals surface area contributed by atoms with E-state index in [0.717, 1.165) is 11.1 Å². The van der Waals surface area contributed by atoms with Gasteiger partial charge in [-0.25, -0.2) is 9.48 Å². The van der Waals surface area contributed by atoms with Crippen molar-refractivity contribution in [2.24, 2.45) is 10.2 Å². The Morgan fingerprint density at radius 3 is 2.33 bits per heavy atom. The monoisotopic (exact) mass is 484 g/mol. The van der Waals surface area contributed by atoms with Gasteiger partial charge in [-0.15, -0.1) is 10.2 Å². The maximum absolute atomic E-state index is 13.4. The van der Waals surface area contributed by atoms with Crippen molar-refractivity contribution in [1.82, 2.24) is 9.78 Å². The predicted molar refractivity (Wildman–Crippen MR) is 139 cm³/mol. The molecule has 3 N–H and O–H groups in total. The molecule has 0 radical (unpaired) electrons. The number of phenolic OH excluding ortho intramolecular Hbond substituents is 1. The first-order chi connectivity index (χ1) is 17.0. The molecule has 4 rings (SSSR count). The maximum atomic E-state index is 13.4. The summed E-state index contributed by atoms with van der Waals surface area (Å²) in [6, 6.07) is 17.0.